The average molecular weight is 510 g/mol. The Balaban J connectivity index is 1.47. The van der Waals surface area contributed by atoms with Gasteiger partial charge in [-0.05, 0) is 30.3 Å². The van der Waals surface area contributed by atoms with Crippen molar-refractivity contribution in [2.24, 2.45) is 5.92 Å². The molecular formula is C22H21F6O5P. The SMILES string of the molecule is OC1CCC(C2COC(c3cc(F)c(C(F)(F)Oc4cc(F)c(F)c(F)c4)c(P)c3)OC2)OC1. The van der Waals surface area contributed by atoms with Crippen molar-refractivity contribution < 1.29 is 50.4 Å². The lowest BCUT2D eigenvalue weighted by Gasteiger charge is -2.37. The first-order valence-electron chi connectivity index (χ1n) is 10.4. The maximum atomic E-state index is 14.8. The highest BCUT2D eigenvalue weighted by Crippen LogP contribution is 2.36. The number of hydrogen-bond donors (Lipinski definition) is 1. The summed E-state index contributed by atoms with van der Waals surface area (Å²) in [6.45, 7) is 0.672. The van der Waals surface area contributed by atoms with Gasteiger partial charge in [0.15, 0.2) is 23.7 Å². The summed E-state index contributed by atoms with van der Waals surface area (Å²) in [5.74, 6) is -7.79. The Bertz CT molecular complexity index is 992. The predicted octanol–water partition coefficient (Wildman–Crippen LogP) is 4.07. The second kappa shape index (κ2) is 9.99. The Hall–Kier alpha value is -1.91. The van der Waals surface area contributed by atoms with Crippen LogP contribution < -0.4 is 10.0 Å². The molecule has 2 fully saturated rings. The molecule has 3 atom stereocenters. The molecular weight excluding hydrogens is 489 g/mol. The van der Waals surface area contributed by atoms with Gasteiger partial charge in [-0.15, -0.1) is 9.24 Å². The molecule has 0 radical (unpaired) electrons. The molecule has 2 aromatic carbocycles. The predicted molar refractivity (Wildman–Crippen MR) is 110 cm³/mol. The van der Waals surface area contributed by atoms with Gasteiger partial charge in [-0.3, -0.25) is 0 Å². The summed E-state index contributed by atoms with van der Waals surface area (Å²) in [5.41, 5.74) is -1.05. The molecule has 5 nitrogen and oxygen atoms in total. The fourth-order valence-corrected chi connectivity index (χ4v) is 4.44. The molecule has 3 unspecified atom stereocenters. The Labute approximate surface area is 193 Å². The van der Waals surface area contributed by atoms with Gasteiger partial charge in [0.05, 0.1) is 32.0 Å². The van der Waals surface area contributed by atoms with E-state index in [1.165, 1.54) is 6.07 Å². The van der Waals surface area contributed by atoms with Gasteiger partial charge in [0.2, 0.25) is 0 Å². The Morgan fingerprint density at radius 2 is 1.53 bits per heavy atom. The van der Waals surface area contributed by atoms with Crippen molar-refractivity contribution in [3.63, 3.8) is 0 Å². The Kier molecular flexibility index (Phi) is 7.40. The van der Waals surface area contributed by atoms with Crippen LogP contribution in [0.4, 0.5) is 26.3 Å². The zero-order chi connectivity index (χ0) is 24.6. The van der Waals surface area contributed by atoms with E-state index in [0.29, 0.717) is 12.8 Å². The third-order valence-electron chi connectivity index (χ3n) is 5.65. The molecule has 2 aliphatic rings. The fourth-order valence-electron chi connectivity index (χ4n) is 3.94. The van der Waals surface area contributed by atoms with E-state index in [4.69, 9.17) is 14.2 Å². The molecule has 0 aliphatic carbocycles. The molecule has 186 valence electrons. The minimum atomic E-state index is -4.33. The van der Waals surface area contributed by atoms with Gasteiger partial charge >= 0.3 is 6.11 Å². The molecule has 2 heterocycles. The molecule has 12 heteroatoms. The summed E-state index contributed by atoms with van der Waals surface area (Å²) in [6, 6.07) is 2.46. The molecule has 34 heavy (non-hydrogen) atoms. The summed E-state index contributed by atoms with van der Waals surface area (Å²) in [6.07, 6.45) is -4.76. The summed E-state index contributed by atoms with van der Waals surface area (Å²) in [7, 11) is 1.95. The first-order chi connectivity index (χ1) is 16.0. The van der Waals surface area contributed by atoms with Crippen molar-refractivity contribution in [2.75, 3.05) is 19.8 Å². The molecule has 4 rings (SSSR count). The maximum absolute atomic E-state index is 14.8. The van der Waals surface area contributed by atoms with Gasteiger partial charge in [-0.1, -0.05) is 0 Å². The monoisotopic (exact) mass is 510 g/mol. The highest BCUT2D eigenvalue weighted by atomic mass is 31.0. The number of ether oxygens (including phenoxy) is 4. The van der Waals surface area contributed by atoms with Crippen molar-refractivity contribution in [1.82, 2.24) is 0 Å². The number of hydrogen-bond acceptors (Lipinski definition) is 5. The van der Waals surface area contributed by atoms with E-state index >= 15 is 0 Å². The van der Waals surface area contributed by atoms with E-state index in [-0.39, 0.29) is 54.8 Å². The van der Waals surface area contributed by atoms with E-state index in [2.05, 4.69) is 4.74 Å². The van der Waals surface area contributed by atoms with E-state index < -0.39 is 53.1 Å². The van der Waals surface area contributed by atoms with Crippen molar-refractivity contribution in [2.45, 2.75) is 37.4 Å². The van der Waals surface area contributed by atoms with E-state index in [1.54, 1.807) is 0 Å². The Morgan fingerprint density at radius 1 is 0.882 bits per heavy atom. The first-order valence-corrected chi connectivity index (χ1v) is 11.0. The van der Waals surface area contributed by atoms with E-state index in [0.717, 1.165) is 6.07 Å². The zero-order valence-corrected chi connectivity index (χ0v) is 18.7. The second-order valence-corrected chi connectivity index (χ2v) is 8.77. The molecule has 2 aromatic rings. The fraction of sp³-hybridized carbons (Fsp3) is 0.455. The van der Waals surface area contributed by atoms with Crippen molar-refractivity contribution in [1.29, 1.82) is 0 Å². The number of alkyl halides is 2. The molecule has 1 N–H and O–H groups in total. The third-order valence-corrected chi connectivity index (χ3v) is 6.10. The van der Waals surface area contributed by atoms with Crippen LogP contribution in [0.15, 0.2) is 24.3 Å². The minimum absolute atomic E-state index is 0.0995. The lowest BCUT2D eigenvalue weighted by molar-refractivity contribution is -0.229. The maximum Gasteiger partial charge on any atom is 0.430 e. The molecule has 0 amide bonds. The van der Waals surface area contributed by atoms with Crippen LogP contribution in [0, 0.1) is 29.2 Å². The second-order valence-electron chi connectivity index (χ2n) is 8.15. The van der Waals surface area contributed by atoms with E-state index in [9.17, 15) is 31.4 Å². The largest absolute Gasteiger partial charge is 0.430 e. The van der Waals surface area contributed by atoms with Crippen LogP contribution in [-0.4, -0.2) is 37.1 Å². The molecule has 0 spiro atoms. The summed E-state index contributed by atoms with van der Waals surface area (Å²) in [5, 5.41) is 9.23. The minimum Gasteiger partial charge on any atom is -0.429 e. The summed E-state index contributed by atoms with van der Waals surface area (Å²) >= 11 is 0. The van der Waals surface area contributed by atoms with Gasteiger partial charge in [0.25, 0.3) is 0 Å². The topological polar surface area (TPSA) is 57.2 Å². The van der Waals surface area contributed by atoms with Crippen LogP contribution in [0.3, 0.4) is 0 Å². The average Bonchev–Trinajstić information content (AvgIpc) is 2.77. The molecule has 2 saturated heterocycles. The van der Waals surface area contributed by atoms with Crippen LogP contribution in [0.25, 0.3) is 0 Å². The van der Waals surface area contributed by atoms with Gasteiger partial charge in [0, 0.05) is 23.6 Å². The van der Waals surface area contributed by atoms with E-state index in [1.807, 2.05) is 9.24 Å². The normalized spacial score (nSPS) is 25.9. The van der Waals surface area contributed by atoms with Gasteiger partial charge in [-0.25, -0.2) is 17.6 Å². The lowest BCUT2D eigenvalue weighted by Crippen LogP contribution is -2.41. The quantitative estimate of drug-likeness (QED) is 0.374. The van der Waals surface area contributed by atoms with Crippen molar-refractivity contribution in [3.05, 3.63) is 58.7 Å². The smallest absolute Gasteiger partial charge is 0.429 e. The number of halogens is 6. The van der Waals surface area contributed by atoms with Gasteiger partial charge < -0.3 is 24.1 Å². The lowest BCUT2D eigenvalue weighted by atomic mass is 9.95. The summed E-state index contributed by atoms with van der Waals surface area (Å²) < 4.78 is 105. The number of rotatable bonds is 5. The van der Waals surface area contributed by atoms with Crippen LogP contribution >= 0.6 is 9.24 Å². The summed E-state index contributed by atoms with van der Waals surface area (Å²) in [4.78, 5) is 0. The van der Waals surface area contributed by atoms with Crippen LogP contribution in [-0.2, 0) is 20.3 Å². The molecule has 0 bridgehead atoms. The zero-order valence-electron chi connectivity index (χ0n) is 17.6. The number of aliphatic hydroxyl groups is 1. The van der Waals surface area contributed by atoms with Crippen molar-refractivity contribution >= 4 is 14.5 Å². The van der Waals surface area contributed by atoms with Crippen LogP contribution in [0.1, 0.15) is 30.3 Å². The third kappa shape index (κ3) is 5.33. The molecule has 0 aromatic heterocycles. The number of benzene rings is 2. The number of aliphatic hydroxyl groups excluding tert-OH is 1. The van der Waals surface area contributed by atoms with Crippen molar-refractivity contribution in [3.8, 4) is 5.75 Å². The van der Waals surface area contributed by atoms with Gasteiger partial charge in [-0.2, -0.15) is 8.78 Å². The van der Waals surface area contributed by atoms with Gasteiger partial charge in [0.1, 0.15) is 17.1 Å². The van der Waals surface area contributed by atoms with Crippen LogP contribution in [0.2, 0.25) is 0 Å². The standard InChI is InChI=1S/C22H21F6O5P/c23-14-3-10(21-31-7-11(8-32-21)17-2-1-12(29)9-30-17)4-18(34)19(14)22(27,28)33-13-5-15(24)20(26)16(25)6-13/h3-6,11-12,17,21,29H,1-2,7-9,34H2. The highest BCUT2D eigenvalue weighted by molar-refractivity contribution is 7.27. The van der Waals surface area contributed by atoms with Crippen LogP contribution in [0.5, 0.6) is 5.75 Å². The Morgan fingerprint density at radius 3 is 2.09 bits per heavy atom. The highest BCUT2D eigenvalue weighted by Gasteiger charge is 2.41. The molecule has 2 aliphatic heterocycles. The molecule has 0 saturated carbocycles. The first kappa shape index (κ1) is 25.2.